The van der Waals surface area contributed by atoms with Crippen LogP contribution < -0.4 is 10.6 Å². The van der Waals surface area contributed by atoms with Crippen molar-refractivity contribution in [2.24, 2.45) is 5.41 Å². The van der Waals surface area contributed by atoms with Gasteiger partial charge in [-0.05, 0) is 19.3 Å². The van der Waals surface area contributed by atoms with E-state index in [4.69, 9.17) is 5.11 Å². The molecule has 0 saturated heterocycles. The first kappa shape index (κ1) is 13.3. The molecule has 0 aliphatic heterocycles. The average molecular weight is 267 g/mol. The highest BCUT2D eigenvalue weighted by Crippen LogP contribution is 2.45. The molecule has 0 atom stereocenters. The van der Waals surface area contributed by atoms with Gasteiger partial charge in [-0.3, -0.25) is 9.48 Å². The van der Waals surface area contributed by atoms with Gasteiger partial charge in [-0.1, -0.05) is 5.21 Å². The molecular formula is C11H17N5O3. The van der Waals surface area contributed by atoms with Crippen LogP contribution in [-0.2, 0) is 11.3 Å². The monoisotopic (exact) mass is 267 g/mol. The number of aryl methyl sites for hydroxylation is 1. The first-order valence-electron chi connectivity index (χ1n) is 6.22. The molecule has 2 rings (SSSR count). The highest BCUT2D eigenvalue weighted by Gasteiger charge is 2.50. The average Bonchev–Trinajstić information content (AvgIpc) is 3.01. The van der Waals surface area contributed by atoms with Gasteiger partial charge in [0.05, 0.1) is 11.6 Å². The van der Waals surface area contributed by atoms with E-state index in [1.165, 1.54) is 0 Å². The Bertz CT molecular complexity index is 441. The second-order valence-electron chi connectivity index (χ2n) is 4.71. The van der Waals surface area contributed by atoms with E-state index in [2.05, 4.69) is 20.9 Å². The fourth-order valence-corrected chi connectivity index (χ4v) is 1.72. The molecule has 19 heavy (non-hydrogen) atoms. The molecule has 1 aliphatic rings. The van der Waals surface area contributed by atoms with Gasteiger partial charge >= 0.3 is 12.0 Å². The van der Waals surface area contributed by atoms with Crippen molar-refractivity contribution in [2.75, 3.05) is 13.1 Å². The lowest BCUT2D eigenvalue weighted by molar-refractivity contribution is -0.143. The number of carbonyl (C=O) groups excluding carboxylic acids is 1. The lowest BCUT2D eigenvalue weighted by Crippen LogP contribution is -2.41. The van der Waals surface area contributed by atoms with Crippen molar-refractivity contribution < 1.29 is 14.7 Å². The third-order valence-corrected chi connectivity index (χ3v) is 3.22. The second kappa shape index (κ2) is 5.68. The Morgan fingerprint density at radius 3 is 2.74 bits per heavy atom. The molecule has 1 heterocycles. The summed E-state index contributed by atoms with van der Waals surface area (Å²) in [6, 6.07) is -0.328. The first-order valence-corrected chi connectivity index (χ1v) is 6.22. The minimum atomic E-state index is -0.834. The minimum Gasteiger partial charge on any atom is -0.481 e. The van der Waals surface area contributed by atoms with E-state index in [0.29, 0.717) is 25.9 Å². The van der Waals surface area contributed by atoms with Crippen LogP contribution in [0.2, 0.25) is 0 Å². The van der Waals surface area contributed by atoms with Gasteiger partial charge in [-0.15, -0.1) is 5.10 Å². The fraction of sp³-hybridized carbons (Fsp3) is 0.636. The summed E-state index contributed by atoms with van der Waals surface area (Å²) in [7, 11) is 0. The van der Waals surface area contributed by atoms with Gasteiger partial charge in [0.25, 0.3) is 0 Å². The Morgan fingerprint density at radius 2 is 2.16 bits per heavy atom. The molecule has 8 nitrogen and oxygen atoms in total. The lowest BCUT2D eigenvalue weighted by atomic mass is 10.1. The van der Waals surface area contributed by atoms with Crippen LogP contribution in [0.3, 0.4) is 0 Å². The Labute approximate surface area is 110 Å². The molecule has 8 heteroatoms. The van der Waals surface area contributed by atoms with Gasteiger partial charge in [-0.2, -0.15) is 0 Å². The van der Waals surface area contributed by atoms with E-state index < -0.39 is 11.4 Å². The van der Waals surface area contributed by atoms with Gasteiger partial charge in [0, 0.05) is 25.8 Å². The molecule has 1 saturated carbocycles. The summed E-state index contributed by atoms with van der Waals surface area (Å²) in [5.41, 5.74) is -0.724. The number of rotatable bonds is 7. The number of hydrogen-bond donors (Lipinski definition) is 3. The summed E-state index contributed by atoms with van der Waals surface area (Å²) in [6.07, 6.45) is 5.36. The van der Waals surface area contributed by atoms with Gasteiger partial charge in [-0.25, -0.2) is 4.79 Å². The number of hydrogen-bond acceptors (Lipinski definition) is 4. The maximum Gasteiger partial charge on any atom is 0.314 e. The highest BCUT2D eigenvalue weighted by molar-refractivity contribution is 5.80. The van der Waals surface area contributed by atoms with Crippen LogP contribution in [0, 0.1) is 5.41 Å². The summed E-state index contributed by atoms with van der Waals surface area (Å²) in [4.78, 5) is 22.4. The third-order valence-electron chi connectivity index (χ3n) is 3.22. The second-order valence-corrected chi connectivity index (χ2v) is 4.71. The van der Waals surface area contributed by atoms with Gasteiger partial charge in [0.1, 0.15) is 0 Å². The molecule has 104 valence electrons. The normalized spacial score (nSPS) is 15.8. The molecular weight excluding hydrogens is 250 g/mol. The van der Waals surface area contributed by atoms with Crippen LogP contribution in [0.4, 0.5) is 4.79 Å². The van der Waals surface area contributed by atoms with Crippen LogP contribution in [0.1, 0.15) is 19.3 Å². The molecule has 0 spiro atoms. The van der Waals surface area contributed by atoms with Crippen LogP contribution in [0.5, 0.6) is 0 Å². The van der Waals surface area contributed by atoms with Gasteiger partial charge in [0.2, 0.25) is 0 Å². The standard InChI is InChI=1S/C11H17N5O3/c17-9(18)11(2-3-11)8-13-10(19)12-4-1-6-16-7-5-14-15-16/h5,7H,1-4,6,8H2,(H,17,18)(H2,12,13,19). The van der Waals surface area contributed by atoms with Crippen molar-refractivity contribution in [3.63, 3.8) is 0 Å². The number of urea groups is 1. The summed E-state index contributed by atoms with van der Waals surface area (Å²) in [5.74, 6) is -0.834. The number of carbonyl (C=O) groups is 2. The Kier molecular flexibility index (Phi) is 3.98. The van der Waals surface area contributed by atoms with Crippen LogP contribution >= 0.6 is 0 Å². The fourth-order valence-electron chi connectivity index (χ4n) is 1.72. The van der Waals surface area contributed by atoms with Gasteiger partial charge < -0.3 is 15.7 Å². The number of carboxylic acid groups (broad SMARTS) is 1. The van der Waals surface area contributed by atoms with E-state index >= 15 is 0 Å². The Morgan fingerprint density at radius 1 is 1.37 bits per heavy atom. The molecule has 1 aliphatic carbocycles. The first-order chi connectivity index (χ1) is 9.12. The smallest absolute Gasteiger partial charge is 0.314 e. The molecule has 0 aromatic carbocycles. The van der Waals surface area contributed by atoms with E-state index in [1.807, 2.05) is 0 Å². The number of nitrogens with zero attached hydrogens (tertiary/aromatic N) is 3. The molecule has 0 unspecified atom stereocenters. The zero-order valence-corrected chi connectivity index (χ0v) is 10.5. The summed E-state index contributed by atoms with van der Waals surface area (Å²) >= 11 is 0. The maximum atomic E-state index is 11.5. The zero-order chi connectivity index (χ0) is 13.7. The number of carboxylic acids is 1. The largest absolute Gasteiger partial charge is 0.481 e. The zero-order valence-electron chi connectivity index (χ0n) is 10.5. The predicted octanol–water partition coefficient (Wildman–Crippen LogP) is -0.168. The van der Waals surface area contributed by atoms with Crippen molar-refractivity contribution in [2.45, 2.75) is 25.8 Å². The number of amides is 2. The molecule has 1 aromatic rings. The molecule has 1 fully saturated rings. The topological polar surface area (TPSA) is 109 Å². The SMILES string of the molecule is O=C(NCCCn1ccnn1)NCC1(C(=O)O)CC1. The Balaban J connectivity index is 1.56. The predicted molar refractivity (Wildman–Crippen MR) is 65.3 cm³/mol. The lowest BCUT2D eigenvalue weighted by Gasteiger charge is -2.11. The number of aliphatic carboxylic acids is 1. The summed E-state index contributed by atoms with van der Waals surface area (Å²) in [5, 5.41) is 21.7. The molecule has 1 aromatic heterocycles. The van der Waals surface area contributed by atoms with Crippen LogP contribution in [-0.4, -0.2) is 45.2 Å². The number of aromatic nitrogens is 3. The van der Waals surface area contributed by atoms with Crippen molar-refractivity contribution in [3.8, 4) is 0 Å². The molecule has 2 amide bonds. The number of nitrogens with one attached hydrogen (secondary N) is 2. The molecule has 3 N–H and O–H groups in total. The summed E-state index contributed by atoms with van der Waals surface area (Å²) in [6.45, 7) is 1.38. The third kappa shape index (κ3) is 3.67. The summed E-state index contributed by atoms with van der Waals surface area (Å²) < 4.78 is 1.68. The van der Waals surface area contributed by atoms with Gasteiger partial charge in [0.15, 0.2) is 0 Å². The van der Waals surface area contributed by atoms with E-state index in [0.717, 1.165) is 6.42 Å². The minimum absolute atomic E-state index is 0.192. The van der Waals surface area contributed by atoms with Crippen LogP contribution in [0.15, 0.2) is 12.4 Å². The van der Waals surface area contributed by atoms with Crippen molar-refractivity contribution in [1.82, 2.24) is 25.6 Å². The highest BCUT2D eigenvalue weighted by atomic mass is 16.4. The maximum absolute atomic E-state index is 11.5. The van der Waals surface area contributed by atoms with E-state index in [1.54, 1.807) is 17.1 Å². The van der Waals surface area contributed by atoms with Crippen molar-refractivity contribution in [3.05, 3.63) is 12.4 Å². The quantitative estimate of drug-likeness (QED) is 0.594. The Hall–Kier alpha value is -2.12. The van der Waals surface area contributed by atoms with E-state index in [9.17, 15) is 9.59 Å². The van der Waals surface area contributed by atoms with Crippen molar-refractivity contribution >= 4 is 12.0 Å². The van der Waals surface area contributed by atoms with Crippen molar-refractivity contribution in [1.29, 1.82) is 0 Å². The van der Waals surface area contributed by atoms with Crippen LogP contribution in [0.25, 0.3) is 0 Å². The molecule has 0 bridgehead atoms. The van der Waals surface area contributed by atoms with E-state index in [-0.39, 0.29) is 12.6 Å². The molecule has 0 radical (unpaired) electrons.